The third-order valence-corrected chi connectivity index (χ3v) is 7.11. The van der Waals surface area contributed by atoms with Crippen molar-refractivity contribution in [2.45, 2.75) is 37.8 Å². The molecule has 3 aliphatic heterocycles. The second kappa shape index (κ2) is 10.4. The Hall–Kier alpha value is -3.88. The molecule has 2 saturated heterocycles. The van der Waals surface area contributed by atoms with Gasteiger partial charge in [0.1, 0.15) is 11.3 Å². The first-order chi connectivity index (χ1) is 17.2. The van der Waals surface area contributed by atoms with Crippen molar-refractivity contribution in [1.29, 1.82) is 0 Å². The van der Waals surface area contributed by atoms with E-state index in [0.29, 0.717) is 30.3 Å². The highest BCUT2D eigenvalue weighted by Crippen LogP contribution is 2.30. The molecule has 36 heavy (non-hydrogen) atoms. The minimum atomic E-state index is -1.52. The Labute approximate surface area is 210 Å². The molecule has 190 valence electrons. The lowest BCUT2D eigenvalue weighted by molar-refractivity contribution is -0.138. The number of ether oxygens (including phenoxy) is 1. The molecule has 1 aromatic carbocycles. The number of nitrogens with zero attached hydrogens (tertiary/aromatic N) is 2. The lowest BCUT2D eigenvalue weighted by Gasteiger charge is -2.36. The van der Waals surface area contributed by atoms with Crippen molar-refractivity contribution in [2.24, 2.45) is 5.92 Å². The van der Waals surface area contributed by atoms with Crippen LogP contribution in [0.4, 0.5) is 4.79 Å². The van der Waals surface area contributed by atoms with Crippen LogP contribution in [-0.2, 0) is 16.1 Å². The SMILES string of the molecule is C=C/C=C\C(=C)CC1CCN(C(=O)CC2(CN3Cc4ccc(OC)cc4C3=O)NC(=O)NC2=O)CC1. The molecule has 1 atom stereocenters. The van der Waals surface area contributed by atoms with Crippen molar-refractivity contribution in [3.05, 3.63) is 66.3 Å². The van der Waals surface area contributed by atoms with E-state index in [9.17, 15) is 19.2 Å². The highest BCUT2D eigenvalue weighted by molar-refractivity contribution is 6.09. The van der Waals surface area contributed by atoms with Crippen LogP contribution in [0, 0.1) is 5.92 Å². The Kier molecular flexibility index (Phi) is 7.28. The normalized spacial score (nSPS) is 22.0. The number of benzene rings is 1. The summed E-state index contributed by atoms with van der Waals surface area (Å²) in [6, 6.07) is 4.58. The minimum absolute atomic E-state index is 0.0991. The summed E-state index contributed by atoms with van der Waals surface area (Å²) in [6.07, 6.45) is 7.83. The van der Waals surface area contributed by atoms with Crippen LogP contribution < -0.4 is 15.4 Å². The Morgan fingerprint density at radius 2 is 2.00 bits per heavy atom. The Morgan fingerprint density at radius 1 is 1.25 bits per heavy atom. The minimum Gasteiger partial charge on any atom is -0.497 e. The van der Waals surface area contributed by atoms with E-state index in [-0.39, 0.29) is 31.3 Å². The molecule has 1 aromatic rings. The molecule has 1 unspecified atom stereocenters. The number of piperidine rings is 1. The zero-order valence-corrected chi connectivity index (χ0v) is 20.5. The van der Waals surface area contributed by atoms with Crippen molar-refractivity contribution < 1.29 is 23.9 Å². The second-order valence-electron chi connectivity index (χ2n) is 9.63. The summed E-state index contributed by atoms with van der Waals surface area (Å²) in [7, 11) is 1.52. The first kappa shape index (κ1) is 25.2. The van der Waals surface area contributed by atoms with Gasteiger partial charge in [-0.05, 0) is 42.9 Å². The van der Waals surface area contributed by atoms with Crippen LogP contribution in [0.5, 0.6) is 5.75 Å². The predicted molar refractivity (Wildman–Crippen MR) is 134 cm³/mol. The maximum Gasteiger partial charge on any atom is 0.322 e. The highest BCUT2D eigenvalue weighted by atomic mass is 16.5. The van der Waals surface area contributed by atoms with Crippen molar-refractivity contribution in [2.75, 3.05) is 26.7 Å². The molecule has 0 bridgehead atoms. The Balaban J connectivity index is 1.42. The molecular formula is C27H32N4O5. The molecule has 9 nitrogen and oxygen atoms in total. The van der Waals surface area contributed by atoms with Crippen molar-refractivity contribution >= 4 is 23.8 Å². The number of imide groups is 1. The van der Waals surface area contributed by atoms with Gasteiger partial charge in [0.05, 0.1) is 20.1 Å². The van der Waals surface area contributed by atoms with Gasteiger partial charge < -0.3 is 19.9 Å². The van der Waals surface area contributed by atoms with Gasteiger partial charge in [0.15, 0.2) is 0 Å². The lowest BCUT2D eigenvalue weighted by atomic mass is 9.89. The fourth-order valence-electron chi connectivity index (χ4n) is 5.14. The zero-order chi connectivity index (χ0) is 25.9. The molecule has 0 radical (unpaired) electrons. The van der Waals surface area contributed by atoms with E-state index in [4.69, 9.17) is 4.74 Å². The molecule has 3 heterocycles. The van der Waals surface area contributed by atoms with Crippen molar-refractivity contribution in [1.82, 2.24) is 20.4 Å². The third kappa shape index (κ3) is 5.19. The van der Waals surface area contributed by atoms with Crippen LogP contribution in [0.15, 0.2) is 55.2 Å². The third-order valence-electron chi connectivity index (χ3n) is 7.11. The van der Waals surface area contributed by atoms with Crippen molar-refractivity contribution in [3.63, 3.8) is 0 Å². The largest absolute Gasteiger partial charge is 0.497 e. The first-order valence-corrected chi connectivity index (χ1v) is 12.1. The number of allylic oxidation sites excluding steroid dienone is 4. The average molecular weight is 493 g/mol. The van der Waals surface area contributed by atoms with E-state index < -0.39 is 17.5 Å². The summed E-state index contributed by atoms with van der Waals surface area (Å²) in [5.41, 5.74) is 0.806. The smallest absolute Gasteiger partial charge is 0.322 e. The molecule has 0 spiro atoms. The van der Waals surface area contributed by atoms with Crippen LogP contribution in [-0.4, -0.2) is 65.8 Å². The highest BCUT2D eigenvalue weighted by Gasteiger charge is 2.51. The van der Waals surface area contributed by atoms with Crippen LogP contribution in [0.3, 0.4) is 0 Å². The van der Waals surface area contributed by atoms with Gasteiger partial charge in [-0.25, -0.2) is 4.79 Å². The van der Waals surface area contributed by atoms with Gasteiger partial charge in [-0.2, -0.15) is 0 Å². The summed E-state index contributed by atoms with van der Waals surface area (Å²) in [6.45, 7) is 9.07. The van der Waals surface area contributed by atoms with E-state index in [1.54, 1.807) is 23.1 Å². The number of likely N-dealkylation sites (tertiary alicyclic amines) is 1. The first-order valence-electron chi connectivity index (χ1n) is 12.1. The van der Waals surface area contributed by atoms with Gasteiger partial charge >= 0.3 is 6.03 Å². The molecule has 2 N–H and O–H groups in total. The van der Waals surface area contributed by atoms with E-state index in [0.717, 1.165) is 30.4 Å². The van der Waals surface area contributed by atoms with E-state index in [1.165, 1.54) is 12.0 Å². The molecular weight excluding hydrogens is 460 g/mol. The monoisotopic (exact) mass is 492 g/mol. The van der Waals surface area contributed by atoms with Gasteiger partial charge in [0.25, 0.3) is 11.8 Å². The quantitative estimate of drug-likeness (QED) is 0.407. The lowest BCUT2D eigenvalue weighted by Crippen LogP contribution is -2.58. The van der Waals surface area contributed by atoms with E-state index in [1.807, 2.05) is 18.2 Å². The molecule has 4 rings (SSSR count). The fourth-order valence-corrected chi connectivity index (χ4v) is 5.14. The number of fused-ring (bicyclic) bond motifs is 1. The molecule has 2 fully saturated rings. The number of urea groups is 1. The fraction of sp³-hybridized carbons (Fsp3) is 0.407. The van der Waals surface area contributed by atoms with Crippen LogP contribution in [0.2, 0.25) is 0 Å². The number of rotatable bonds is 9. The molecule has 0 saturated carbocycles. The van der Waals surface area contributed by atoms with E-state index >= 15 is 0 Å². The second-order valence-corrected chi connectivity index (χ2v) is 9.63. The number of hydrogen-bond donors (Lipinski definition) is 2. The number of hydrogen-bond acceptors (Lipinski definition) is 5. The van der Waals surface area contributed by atoms with Crippen molar-refractivity contribution in [3.8, 4) is 5.75 Å². The molecule has 3 aliphatic rings. The molecule has 0 aromatic heterocycles. The molecule has 0 aliphatic carbocycles. The topological polar surface area (TPSA) is 108 Å². The van der Waals surface area contributed by atoms with Gasteiger partial charge in [-0.15, -0.1) is 0 Å². The van der Waals surface area contributed by atoms with Gasteiger partial charge in [-0.1, -0.05) is 43.0 Å². The summed E-state index contributed by atoms with van der Waals surface area (Å²) >= 11 is 0. The Bertz CT molecular complexity index is 1130. The van der Waals surface area contributed by atoms with Gasteiger partial charge in [0, 0.05) is 25.2 Å². The summed E-state index contributed by atoms with van der Waals surface area (Å²) < 4.78 is 5.22. The molecule has 5 amide bonds. The van der Waals surface area contributed by atoms with Gasteiger partial charge in [0.2, 0.25) is 5.91 Å². The number of carbonyl (C=O) groups excluding carboxylic acids is 4. The predicted octanol–water partition coefficient (Wildman–Crippen LogP) is 2.55. The van der Waals surface area contributed by atoms with Crippen LogP contribution in [0.1, 0.15) is 41.6 Å². The number of nitrogens with one attached hydrogen (secondary N) is 2. The Morgan fingerprint density at radius 3 is 2.64 bits per heavy atom. The number of amides is 5. The number of carbonyl (C=O) groups is 4. The maximum atomic E-state index is 13.3. The van der Waals surface area contributed by atoms with E-state index in [2.05, 4.69) is 23.8 Å². The molecule has 9 heteroatoms. The van der Waals surface area contributed by atoms with Gasteiger partial charge in [-0.3, -0.25) is 19.7 Å². The van der Waals surface area contributed by atoms with Crippen LogP contribution in [0.25, 0.3) is 0 Å². The van der Waals surface area contributed by atoms with Crippen LogP contribution >= 0.6 is 0 Å². The summed E-state index contributed by atoms with van der Waals surface area (Å²) in [5, 5.41) is 4.89. The zero-order valence-electron chi connectivity index (χ0n) is 20.5. The number of methoxy groups -OCH3 is 1. The summed E-state index contributed by atoms with van der Waals surface area (Å²) in [5.74, 6) is -0.0951. The maximum absolute atomic E-state index is 13.3. The summed E-state index contributed by atoms with van der Waals surface area (Å²) in [4.78, 5) is 54.6. The average Bonchev–Trinajstić information content (AvgIpc) is 3.31. The standard InChI is InChI=1S/C27H32N4O5/c1-4-5-6-18(2)13-19-9-11-30(12-10-19)23(32)15-27(25(34)28-26(35)29-27)17-31-16-20-7-8-21(36-3)14-22(20)24(31)33/h4-8,14,19H,1-2,9-13,15-17H2,3H3,(H2,28,29,34,35)/b6-5-.